The molecule has 2 aromatic carbocycles. The number of carbonyl (C=O) groups excluding carboxylic acids is 2. The maximum atomic E-state index is 13.4. The zero-order valence-electron chi connectivity index (χ0n) is 20.2. The quantitative estimate of drug-likeness (QED) is 0.396. The molecule has 0 heterocycles. The molecule has 1 fully saturated rings. The highest BCUT2D eigenvalue weighted by molar-refractivity contribution is 9.10. The van der Waals surface area contributed by atoms with Crippen LogP contribution in [0.4, 0.5) is 0 Å². The van der Waals surface area contributed by atoms with Crippen LogP contribution in [0.2, 0.25) is 5.02 Å². The number of hydrogen-bond donors (Lipinski definition) is 1. The van der Waals surface area contributed by atoms with Gasteiger partial charge in [0.05, 0.1) is 0 Å². The minimum atomic E-state index is -0.568. The van der Waals surface area contributed by atoms with Gasteiger partial charge >= 0.3 is 0 Å². The monoisotopic (exact) mass is 548 g/mol. The zero-order chi connectivity index (χ0) is 24.7. The van der Waals surface area contributed by atoms with E-state index in [1.165, 1.54) is 6.42 Å². The van der Waals surface area contributed by atoms with Crippen molar-refractivity contribution in [3.8, 4) is 5.75 Å². The van der Waals surface area contributed by atoms with Crippen molar-refractivity contribution in [3.63, 3.8) is 0 Å². The lowest BCUT2D eigenvalue weighted by atomic mass is 9.95. The van der Waals surface area contributed by atoms with Crippen molar-refractivity contribution in [3.05, 3.63) is 62.6 Å². The minimum Gasteiger partial charge on any atom is -0.484 e. The number of hydrogen-bond acceptors (Lipinski definition) is 3. The predicted octanol–water partition coefficient (Wildman–Crippen LogP) is 6.35. The molecule has 0 unspecified atom stereocenters. The molecule has 1 saturated carbocycles. The summed E-state index contributed by atoms with van der Waals surface area (Å²) in [5.41, 5.74) is 2.99. The Bertz CT molecular complexity index is 967. The van der Waals surface area contributed by atoms with E-state index >= 15 is 0 Å². The zero-order valence-corrected chi connectivity index (χ0v) is 22.5. The first-order valence-electron chi connectivity index (χ1n) is 12.0. The van der Waals surface area contributed by atoms with Crippen LogP contribution in [0, 0.1) is 13.8 Å². The highest BCUT2D eigenvalue weighted by Crippen LogP contribution is 2.26. The molecule has 0 saturated heterocycles. The van der Waals surface area contributed by atoms with Crippen LogP contribution in [0.15, 0.2) is 40.9 Å². The summed E-state index contributed by atoms with van der Waals surface area (Å²) in [5.74, 6) is 0.323. The maximum Gasteiger partial charge on any atom is 0.261 e. The van der Waals surface area contributed by atoms with Crippen molar-refractivity contribution in [1.82, 2.24) is 10.2 Å². The van der Waals surface area contributed by atoms with Gasteiger partial charge in [0.2, 0.25) is 5.91 Å². The molecule has 0 aliphatic heterocycles. The second-order valence-corrected chi connectivity index (χ2v) is 10.3. The number of carbonyl (C=O) groups is 2. The summed E-state index contributed by atoms with van der Waals surface area (Å²) in [4.78, 5) is 28.3. The maximum absolute atomic E-state index is 13.4. The fraction of sp³-hybridized carbons (Fsp3) is 0.481. The van der Waals surface area contributed by atoms with Gasteiger partial charge in [-0.25, -0.2) is 0 Å². The van der Waals surface area contributed by atoms with Gasteiger partial charge in [0, 0.05) is 22.1 Å². The number of nitrogens with one attached hydrogen (secondary N) is 1. The number of rotatable bonds is 9. The SMILES string of the molecule is CC[C@H](C(=O)NC1CCCCC1)N(Cc1ccc(Cl)cc1)C(=O)COc1cc(C)c(Br)c(C)c1. The Balaban J connectivity index is 1.77. The van der Waals surface area contributed by atoms with Gasteiger partial charge < -0.3 is 15.0 Å². The summed E-state index contributed by atoms with van der Waals surface area (Å²) in [6.07, 6.45) is 6.01. The van der Waals surface area contributed by atoms with E-state index in [1.54, 1.807) is 17.0 Å². The Morgan fingerprint density at radius 1 is 1.12 bits per heavy atom. The minimum absolute atomic E-state index is 0.0907. The van der Waals surface area contributed by atoms with Gasteiger partial charge in [0.15, 0.2) is 6.61 Å². The van der Waals surface area contributed by atoms with Crippen molar-refractivity contribution in [2.45, 2.75) is 77.9 Å². The standard InChI is InChI=1S/C27H34BrClN2O3/c1-4-24(27(33)30-22-8-6-5-7-9-22)31(16-20-10-12-21(29)13-11-20)25(32)17-34-23-14-18(2)26(28)19(3)15-23/h10-15,22,24H,4-9,16-17H2,1-3H3,(H,30,33)/t24-/m1/s1. The lowest BCUT2D eigenvalue weighted by Crippen LogP contribution is -2.52. The second kappa shape index (κ2) is 12.6. The topological polar surface area (TPSA) is 58.6 Å². The number of benzene rings is 2. The molecule has 7 heteroatoms. The van der Waals surface area contributed by atoms with Crippen LogP contribution in [-0.4, -0.2) is 35.4 Å². The molecule has 2 amide bonds. The van der Waals surface area contributed by atoms with Crippen LogP contribution in [0.25, 0.3) is 0 Å². The highest BCUT2D eigenvalue weighted by atomic mass is 79.9. The molecule has 1 aliphatic carbocycles. The summed E-state index contributed by atoms with van der Waals surface area (Å²) in [7, 11) is 0. The first-order chi connectivity index (χ1) is 16.3. The smallest absolute Gasteiger partial charge is 0.261 e. The van der Waals surface area contributed by atoms with Gasteiger partial charge in [0.25, 0.3) is 5.91 Å². The largest absolute Gasteiger partial charge is 0.484 e. The molecule has 1 atom stereocenters. The Kier molecular flexibility index (Phi) is 9.84. The van der Waals surface area contributed by atoms with E-state index < -0.39 is 6.04 Å². The molecule has 0 bridgehead atoms. The molecule has 5 nitrogen and oxygen atoms in total. The fourth-order valence-electron chi connectivity index (χ4n) is 4.47. The van der Waals surface area contributed by atoms with Gasteiger partial charge in [-0.3, -0.25) is 9.59 Å². The molecule has 34 heavy (non-hydrogen) atoms. The fourth-order valence-corrected chi connectivity index (χ4v) is 4.82. The van der Waals surface area contributed by atoms with Crippen LogP contribution in [-0.2, 0) is 16.1 Å². The summed E-state index contributed by atoms with van der Waals surface area (Å²) < 4.78 is 6.91. The third-order valence-corrected chi connectivity index (χ3v) is 7.88. The van der Waals surface area contributed by atoms with Gasteiger partial charge in [-0.1, -0.05) is 65.8 Å². The van der Waals surface area contributed by atoms with Gasteiger partial charge in [-0.05, 0) is 74.1 Å². The Morgan fingerprint density at radius 2 is 1.74 bits per heavy atom. The lowest BCUT2D eigenvalue weighted by Gasteiger charge is -2.32. The van der Waals surface area contributed by atoms with Crippen LogP contribution in [0.3, 0.4) is 0 Å². The molecule has 1 N–H and O–H groups in total. The van der Waals surface area contributed by atoms with E-state index in [4.69, 9.17) is 16.3 Å². The first-order valence-corrected chi connectivity index (χ1v) is 13.2. The van der Waals surface area contributed by atoms with Crippen LogP contribution >= 0.6 is 27.5 Å². The van der Waals surface area contributed by atoms with E-state index in [9.17, 15) is 9.59 Å². The number of halogens is 2. The molecule has 0 radical (unpaired) electrons. The van der Waals surface area contributed by atoms with Crippen LogP contribution in [0.5, 0.6) is 5.75 Å². The van der Waals surface area contributed by atoms with E-state index in [2.05, 4.69) is 21.2 Å². The van der Waals surface area contributed by atoms with Crippen molar-refractivity contribution < 1.29 is 14.3 Å². The summed E-state index contributed by atoms with van der Waals surface area (Å²) >= 11 is 9.60. The van der Waals surface area contributed by atoms with Crippen molar-refractivity contribution >= 4 is 39.3 Å². The Labute approximate surface area is 216 Å². The molecule has 2 aromatic rings. The van der Waals surface area contributed by atoms with Gasteiger partial charge in [-0.15, -0.1) is 0 Å². The molecular formula is C27H34BrClN2O3. The number of nitrogens with zero attached hydrogens (tertiary/aromatic N) is 1. The van der Waals surface area contributed by atoms with Crippen LogP contribution in [0.1, 0.15) is 62.1 Å². The van der Waals surface area contributed by atoms with E-state index in [1.807, 2.05) is 45.0 Å². The third-order valence-electron chi connectivity index (χ3n) is 6.38. The number of amides is 2. The number of ether oxygens (including phenoxy) is 1. The molecule has 3 rings (SSSR count). The average molecular weight is 550 g/mol. The molecule has 0 aromatic heterocycles. The molecule has 184 valence electrons. The normalized spacial score (nSPS) is 15.0. The van der Waals surface area contributed by atoms with Gasteiger partial charge in [0.1, 0.15) is 11.8 Å². The summed E-state index contributed by atoms with van der Waals surface area (Å²) in [6, 6.07) is 10.8. The van der Waals surface area contributed by atoms with E-state index in [0.29, 0.717) is 23.7 Å². The van der Waals surface area contributed by atoms with E-state index in [-0.39, 0.29) is 24.5 Å². The molecule has 1 aliphatic rings. The predicted molar refractivity (Wildman–Crippen MR) is 140 cm³/mol. The molecule has 0 spiro atoms. The van der Waals surface area contributed by atoms with E-state index in [0.717, 1.165) is 46.8 Å². The van der Waals surface area contributed by atoms with Crippen molar-refractivity contribution in [2.75, 3.05) is 6.61 Å². The first kappa shape index (κ1) is 26.6. The summed E-state index contributed by atoms with van der Waals surface area (Å²) in [5, 5.41) is 3.83. The third kappa shape index (κ3) is 7.22. The summed E-state index contributed by atoms with van der Waals surface area (Å²) in [6.45, 7) is 6.09. The number of aryl methyl sites for hydroxylation is 2. The highest BCUT2D eigenvalue weighted by Gasteiger charge is 2.30. The van der Waals surface area contributed by atoms with Crippen molar-refractivity contribution in [1.29, 1.82) is 0 Å². The average Bonchev–Trinajstić information content (AvgIpc) is 2.82. The Morgan fingerprint density at radius 3 is 2.32 bits per heavy atom. The molecular weight excluding hydrogens is 516 g/mol. The van der Waals surface area contributed by atoms with Gasteiger partial charge in [-0.2, -0.15) is 0 Å². The van der Waals surface area contributed by atoms with Crippen molar-refractivity contribution in [2.24, 2.45) is 0 Å². The Hall–Kier alpha value is -2.05. The lowest BCUT2D eigenvalue weighted by molar-refractivity contribution is -0.143. The van der Waals surface area contributed by atoms with Crippen LogP contribution < -0.4 is 10.1 Å². The second-order valence-electron chi connectivity index (χ2n) is 9.08.